The van der Waals surface area contributed by atoms with Gasteiger partial charge in [-0.15, -0.1) is 0 Å². The summed E-state index contributed by atoms with van der Waals surface area (Å²) in [6, 6.07) is 5.95. The first kappa shape index (κ1) is 19.0. The van der Waals surface area contributed by atoms with Crippen molar-refractivity contribution in [3.63, 3.8) is 0 Å². The number of amides is 2. The van der Waals surface area contributed by atoms with Gasteiger partial charge in [-0.25, -0.2) is 4.79 Å². The van der Waals surface area contributed by atoms with Crippen LogP contribution in [0.25, 0.3) is 0 Å². The molecule has 2 N–H and O–H groups in total. The number of nitrogens with one attached hydrogen (secondary N) is 2. The van der Waals surface area contributed by atoms with E-state index in [1.807, 2.05) is 13.8 Å². The molecule has 1 fully saturated rings. The zero-order valence-electron chi connectivity index (χ0n) is 15.0. The maximum Gasteiger partial charge on any atom is 0.338 e. The molecule has 2 rings (SSSR count). The van der Waals surface area contributed by atoms with E-state index < -0.39 is 12.0 Å². The second kappa shape index (κ2) is 8.65. The Morgan fingerprint density at radius 2 is 1.80 bits per heavy atom. The van der Waals surface area contributed by atoms with Crippen LogP contribution < -0.4 is 10.6 Å². The van der Waals surface area contributed by atoms with E-state index in [4.69, 9.17) is 4.74 Å². The number of carbonyl (C=O) groups is 3. The van der Waals surface area contributed by atoms with Crippen molar-refractivity contribution in [1.29, 1.82) is 0 Å². The smallest absolute Gasteiger partial charge is 0.338 e. The lowest BCUT2D eigenvalue weighted by atomic mass is 9.98. The second-order valence-electron chi connectivity index (χ2n) is 6.43. The van der Waals surface area contributed by atoms with Crippen molar-refractivity contribution in [2.75, 3.05) is 11.9 Å². The van der Waals surface area contributed by atoms with E-state index in [1.54, 1.807) is 31.2 Å². The van der Waals surface area contributed by atoms with Gasteiger partial charge in [0.2, 0.25) is 11.8 Å². The first-order valence-electron chi connectivity index (χ1n) is 8.84. The highest BCUT2D eigenvalue weighted by Crippen LogP contribution is 2.29. The summed E-state index contributed by atoms with van der Waals surface area (Å²) >= 11 is 0. The van der Waals surface area contributed by atoms with Gasteiger partial charge >= 0.3 is 5.97 Å². The average Bonchev–Trinajstić information content (AvgIpc) is 3.44. The van der Waals surface area contributed by atoms with Crippen LogP contribution in [0.1, 0.15) is 50.4 Å². The molecule has 1 aromatic rings. The molecule has 136 valence electrons. The zero-order valence-corrected chi connectivity index (χ0v) is 15.0. The average molecular weight is 346 g/mol. The highest BCUT2D eigenvalue weighted by atomic mass is 16.5. The summed E-state index contributed by atoms with van der Waals surface area (Å²) in [6.07, 6.45) is 2.58. The molecule has 1 aliphatic rings. The van der Waals surface area contributed by atoms with E-state index in [0.29, 0.717) is 17.9 Å². The van der Waals surface area contributed by atoms with Crippen LogP contribution in [0.2, 0.25) is 0 Å². The Kier molecular flexibility index (Phi) is 6.56. The minimum absolute atomic E-state index is 0.0292. The molecule has 0 saturated heterocycles. The van der Waals surface area contributed by atoms with Gasteiger partial charge in [0.15, 0.2) is 0 Å². The Bertz CT molecular complexity index is 623. The largest absolute Gasteiger partial charge is 0.462 e. The van der Waals surface area contributed by atoms with E-state index in [1.165, 1.54) is 0 Å². The SMILES string of the molecule is CCOC(=O)c1ccc(NC(=O)C(NC(=O)C2CC2)C(C)CC)cc1. The predicted molar refractivity (Wildman–Crippen MR) is 95.1 cm³/mol. The minimum Gasteiger partial charge on any atom is -0.462 e. The molecule has 0 spiro atoms. The maximum atomic E-state index is 12.6. The molecular formula is C19H26N2O4. The zero-order chi connectivity index (χ0) is 18.4. The Hall–Kier alpha value is -2.37. The van der Waals surface area contributed by atoms with Crippen LogP contribution >= 0.6 is 0 Å². The van der Waals surface area contributed by atoms with E-state index in [9.17, 15) is 14.4 Å². The summed E-state index contributed by atoms with van der Waals surface area (Å²) in [6.45, 7) is 6.00. The molecule has 0 aliphatic heterocycles. The fraction of sp³-hybridized carbons (Fsp3) is 0.526. The van der Waals surface area contributed by atoms with Crippen molar-refractivity contribution >= 4 is 23.5 Å². The molecule has 25 heavy (non-hydrogen) atoms. The van der Waals surface area contributed by atoms with Gasteiger partial charge < -0.3 is 15.4 Å². The molecule has 0 aromatic heterocycles. The van der Waals surface area contributed by atoms with Crippen molar-refractivity contribution < 1.29 is 19.1 Å². The van der Waals surface area contributed by atoms with Crippen molar-refractivity contribution in [2.45, 2.75) is 46.1 Å². The van der Waals surface area contributed by atoms with Gasteiger partial charge in [-0.05, 0) is 49.9 Å². The monoisotopic (exact) mass is 346 g/mol. The highest BCUT2D eigenvalue weighted by molar-refractivity contribution is 5.98. The van der Waals surface area contributed by atoms with Crippen molar-refractivity contribution in [2.24, 2.45) is 11.8 Å². The van der Waals surface area contributed by atoms with Gasteiger partial charge in [-0.2, -0.15) is 0 Å². The van der Waals surface area contributed by atoms with Crippen molar-refractivity contribution in [3.8, 4) is 0 Å². The Morgan fingerprint density at radius 1 is 1.16 bits per heavy atom. The Morgan fingerprint density at radius 3 is 2.32 bits per heavy atom. The van der Waals surface area contributed by atoms with Crippen LogP contribution in [0.5, 0.6) is 0 Å². The third-order valence-electron chi connectivity index (χ3n) is 4.40. The van der Waals surface area contributed by atoms with Crippen LogP contribution in [0.15, 0.2) is 24.3 Å². The van der Waals surface area contributed by atoms with E-state index >= 15 is 0 Å². The Labute approximate surface area is 148 Å². The van der Waals surface area contributed by atoms with Gasteiger partial charge in [0.05, 0.1) is 12.2 Å². The number of ether oxygens (including phenoxy) is 1. The third kappa shape index (κ3) is 5.31. The van der Waals surface area contributed by atoms with Gasteiger partial charge in [0, 0.05) is 11.6 Å². The third-order valence-corrected chi connectivity index (χ3v) is 4.40. The fourth-order valence-corrected chi connectivity index (χ4v) is 2.44. The lowest BCUT2D eigenvalue weighted by Gasteiger charge is -2.23. The summed E-state index contributed by atoms with van der Waals surface area (Å²) in [4.78, 5) is 36.3. The lowest BCUT2D eigenvalue weighted by Crippen LogP contribution is -2.48. The molecular weight excluding hydrogens is 320 g/mol. The Balaban J connectivity index is 2.01. The summed E-state index contributed by atoms with van der Waals surface area (Å²) in [5.74, 6) is -0.593. The molecule has 0 bridgehead atoms. The van der Waals surface area contributed by atoms with Crippen molar-refractivity contribution in [3.05, 3.63) is 29.8 Å². The first-order chi connectivity index (χ1) is 12.0. The quantitative estimate of drug-likeness (QED) is 0.709. The van der Waals surface area contributed by atoms with Gasteiger partial charge in [-0.3, -0.25) is 9.59 Å². The summed E-state index contributed by atoms with van der Waals surface area (Å²) in [5, 5.41) is 5.69. The van der Waals surface area contributed by atoms with Crippen LogP contribution in [-0.2, 0) is 14.3 Å². The molecule has 6 heteroatoms. The molecule has 1 aliphatic carbocycles. The van der Waals surface area contributed by atoms with Gasteiger partial charge in [-0.1, -0.05) is 20.3 Å². The minimum atomic E-state index is -0.567. The second-order valence-corrected chi connectivity index (χ2v) is 6.43. The summed E-state index contributed by atoms with van der Waals surface area (Å²) < 4.78 is 4.93. The van der Waals surface area contributed by atoms with E-state index in [2.05, 4.69) is 10.6 Å². The van der Waals surface area contributed by atoms with Crippen LogP contribution in [0.4, 0.5) is 5.69 Å². The lowest BCUT2D eigenvalue weighted by molar-refractivity contribution is -0.128. The molecule has 1 aromatic carbocycles. The molecule has 2 unspecified atom stereocenters. The number of rotatable bonds is 8. The number of hydrogen-bond donors (Lipinski definition) is 2. The number of anilines is 1. The van der Waals surface area contributed by atoms with Crippen molar-refractivity contribution in [1.82, 2.24) is 5.32 Å². The summed E-state index contributed by atoms with van der Waals surface area (Å²) in [7, 11) is 0. The normalized spacial score (nSPS) is 15.8. The molecule has 1 saturated carbocycles. The molecule has 2 atom stereocenters. The number of hydrogen-bond acceptors (Lipinski definition) is 4. The number of carbonyl (C=O) groups excluding carboxylic acids is 3. The first-order valence-corrected chi connectivity index (χ1v) is 8.84. The molecule has 0 radical (unpaired) electrons. The standard InChI is InChI=1S/C19H26N2O4/c1-4-12(3)16(21-17(22)13-6-7-13)18(23)20-15-10-8-14(9-11-15)19(24)25-5-2/h8-13,16H,4-7H2,1-3H3,(H,20,23)(H,21,22). The van der Waals surface area contributed by atoms with E-state index in [-0.39, 0.29) is 23.7 Å². The van der Waals surface area contributed by atoms with Crippen LogP contribution in [0, 0.1) is 11.8 Å². The number of esters is 1. The fourth-order valence-electron chi connectivity index (χ4n) is 2.44. The molecule has 0 heterocycles. The van der Waals surface area contributed by atoms with Gasteiger partial charge in [0.25, 0.3) is 0 Å². The number of benzene rings is 1. The highest BCUT2D eigenvalue weighted by Gasteiger charge is 2.34. The summed E-state index contributed by atoms with van der Waals surface area (Å²) in [5.41, 5.74) is 1.01. The predicted octanol–water partition coefficient (Wildman–Crippen LogP) is 2.74. The topological polar surface area (TPSA) is 84.5 Å². The molecule has 6 nitrogen and oxygen atoms in total. The van der Waals surface area contributed by atoms with Crippen LogP contribution in [0.3, 0.4) is 0 Å². The van der Waals surface area contributed by atoms with Crippen LogP contribution in [-0.4, -0.2) is 30.4 Å². The van der Waals surface area contributed by atoms with Gasteiger partial charge in [0.1, 0.15) is 6.04 Å². The van der Waals surface area contributed by atoms with E-state index in [0.717, 1.165) is 19.3 Å². The molecule has 2 amide bonds. The maximum absolute atomic E-state index is 12.6.